The Morgan fingerprint density at radius 2 is 2.24 bits per heavy atom. The highest BCUT2D eigenvalue weighted by atomic mass is 32.1. The third-order valence-corrected chi connectivity index (χ3v) is 3.87. The Morgan fingerprint density at radius 1 is 1.41 bits per heavy atom. The van der Waals surface area contributed by atoms with Crippen molar-refractivity contribution in [2.75, 3.05) is 6.61 Å². The fourth-order valence-corrected chi connectivity index (χ4v) is 2.48. The lowest BCUT2D eigenvalue weighted by Crippen LogP contribution is -2.26. The van der Waals surface area contributed by atoms with Gasteiger partial charge in [-0.2, -0.15) is 0 Å². The zero-order valence-electron chi connectivity index (χ0n) is 10.3. The topological polar surface area (TPSA) is 48.1 Å². The summed E-state index contributed by atoms with van der Waals surface area (Å²) in [6, 6.07) is 6.14. The first-order valence-electron chi connectivity index (χ1n) is 6.01. The van der Waals surface area contributed by atoms with Gasteiger partial charge in [0.25, 0.3) is 0 Å². The van der Waals surface area contributed by atoms with E-state index in [-0.39, 0.29) is 6.04 Å². The molecule has 0 saturated carbocycles. The Morgan fingerprint density at radius 3 is 2.94 bits per heavy atom. The van der Waals surface area contributed by atoms with E-state index >= 15 is 0 Å². The second-order valence-corrected chi connectivity index (χ2v) is 5.16. The second-order valence-electron chi connectivity index (χ2n) is 4.04. The van der Waals surface area contributed by atoms with Gasteiger partial charge in [-0.1, -0.05) is 19.9 Å². The smallest absolute Gasteiger partial charge is 0.146 e. The lowest BCUT2D eigenvalue weighted by atomic mass is 10.2. The van der Waals surface area contributed by atoms with Crippen LogP contribution in [-0.2, 0) is 6.42 Å². The van der Waals surface area contributed by atoms with Gasteiger partial charge in [0.1, 0.15) is 17.9 Å². The summed E-state index contributed by atoms with van der Waals surface area (Å²) in [5.74, 6) is 0.849. The van der Waals surface area contributed by atoms with E-state index in [4.69, 9.17) is 10.5 Å². The summed E-state index contributed by atoms with van der Waals surface area (Å²) in [5, 5.41) is 1.15. The van der Waals surface area contributed by atoms with Crippen LogP contribution in [0.25, 0.3) is 10.2 Å². The highest BCUT2D eigenvalue weighted by Crippen LogP contribution is 2.29. The molecule has 1 unspecified atom stereocenters. The summed E-state index contributed by atoms with van der Waals surface area (Å²) in [6.45, 7) is 4.73. The van der Waals surface area contributed by atoms with Crippen molar-refractivity contribution in [1.82, 2.24) is 4.98 Å². The van der Waals surface area contributed by atoms with E-state index in [2.05, 4.69) is 24.9 Å². The third kappa shape index (κ3) is 2.76. The second kappa shape index (κ2) is 5.47. The first-order chi connectivity index (χ1) is 8.24. The number of benzene rings is 1. The minimum Gasteiger partial charge on any atom is -0.490 e. The Bertz CT molecular complexity index is 495. The standard InChI is InChI=1S/C13H18N2OS/c1-3-9(14)8-16-10-6-5-7-11-13(10)15-12(4-2)17-11/h5-7,9H,3-4,8,14H2,1-2H3. The summed E-state index contributed by atoms with van der Waals surface area (Å²) in [7, 11) is 0. The van der Waals surface area contributed by atoms with Crippen LogP contribution in [0.3, 0.4) is 0 Å². The van der Waals surface area contributed by atoms with Crippen LogP contribution in [0.2, 0.25) is 0 Å². The molecule has 92 valence electrons. The van der Waals surface area contributed by atoms with E-state index in [1.807, 2.05) is 12.1 Å². The van der Waals surface area contributed by atoms with E-state index in [0.717, 1.165) is 29.1 Å². The van der Waals surface area contributed by atoms with Crippen LogP contribution < -0.4 is 10.5 Å². The highest BCUT2D eigenvalue weighted by molar-refractivity contribution is 7.18. The molecule has 3 nitrogen and oxygen atoms in total. The predicted molar refractivity (Wildman–Crippen MR) is 72.8 cm³/mol. The summed E-state index contributed by atoms with van der Waals surface area (Å²) in [5.41, 5.74) is 6.82. The molecular formula is C13H18N2OS. The van der Waals surface area contributed by atoms with Crippen LogP contribution in [0.4, 0.5) is 0 Å². The molecular weight excluding hydrogens is 232 g/mol. The SMILES string of the molecule is CCc1nc2c(OCC(N)CC)cccc2s1. The highest BCUT2D eigenvalue weighted by Gasteiger charge is 2.09. The maximum atomic E-state index is 5.85. The number of nitrogens with zero attached hydrogens (tertiary/aromatic N) is 1. The van der Waals surface area contributed by atoms with Gasteiger partial charge in [-0.3, -0.25) is 0 Å². The average Bonchev–Trinajstić information content (AvgIpc) is 2.79. The van der Waals surface area contributed by atoms with Crippen molar-refractivity contribution in [2.24, 2.45) is 5.73 Å². The number of hydrogen-bond acceptors (Lipinski definition) is 4. The van der Waals surface area contributed by atoms with Crippen molar-refractivity contribution >= 4 is 21.6 Å². The molecule has 1 aromatic carbocycles. The van der Waals surface area contributed by atoms with Gasteiger partial charge in [-0.05, 0) is 25.0 Å². The van der Waals surface area contributed by atoms with Crippen molar-refractivity contribution in [2.45, 2.75) is 32.7 Å². The molecule has 4 heteroatoms. The number of thiazole rings is 1. The van der Waals surface area contributed by atoms with Crippen LogP contribution in [0.5, 0.6) is 5.75 Å². The lowest BCUT2D eigenvalue weighted by Gasteiger charge is -2.11. The molecule has 0 fully saturated rings. The van der Waals surface area contributed by atoms with Crippen LogP contribution in [0, 0.1) is 0 Å². The fraction of sp³-hybridized carbons (Fsp3) is 0.462. The van der Waals surface area contributed by atoms with Gasteiger partial charge in [-0.25, -0.2) is 4.98 Å². The monoisotopic (exact) mass is 250 g/mol. The molecule has 2 N–H and O–H groups in total. The van der Waals surface area contributed by atoms with Crippen molar-refractivity contribution in [3.63, 3.8) is 0 Å². The molecule has 0 aliphatic rings. The predicted octanol–water partition coefficient (Wildman–Crippen LogP) is 2.97. The quantitative estimate of drug-likeness (QED) is 0.887. The zero-order valence-corrected chi connectivity index (χ0v) is 11.1. The zero-order chi connectivity index (χ0) is 12.3. The van der Waals surface area contributed by atoms with Gasteiger partial charge in [0.05, 0.1) is 9.71 Å². The first-order valence-corrected chi connectivity index (χ1v) is 6.83. The van der Waals surface area contributed by atoms with Crippen LogP contribution in [-0.4, -0.2) is 17.6 Å². The Labute approximate surface area is 106 Å². The van der Waals surface area contributed by atoms with Crippen molar-refractivity contribution in [1.29, 1.82) is 0 Å². The summed E-state index contributed by atoms with van der Waals surface area (Å²) in [4.78, 5) is 4.59. The maximum Gasteiger partial charge on any atom is 0.146 e. The van der Waals surface area contributed by atoms with Gasteiger partial charge in [0.15, 0.2) is 0 Å². The Balaban J connectivity index is 2.24. The van der Waals surface area contributed by atoms with Crippen molar-refractivity contribution in [3.05, 3.63) is 23.2 Å². The molecule has 2 rings (SSSR count). The summed E-state index contributed by atoms with van der Waals surface area (Å²) in [6.07, 6.45) is 1.89. The average molecular weight is 250 g/mol. The van der Waals surface area contributed by atoms with Crippen molar-refractivity contribution in [3.8, 4) is 5.75 Å². The van der Waals surface area contributed by atoms with E-state index < -0.39 is 0 Å². The lowest BCUT2D eigenvalue weighted by molar-refractivity contribution is 0.288. The molecule has 1 aromatic heterocycles. The number of nitrogens with two attached hydrogens (primary N) is 1. The van der Waals surface area contributed by atoms with Gasteiger partial charge >= 0.3 is 0 Å². The van der Waals surface area contributed by atoms with Gasteiger partial charge in [0, 0.05) is 6.04 Å². The largest absolute Gasteiger partial charge is 0.490 e. The van der Waals surface area contributed by atoms with Gasteiger partial charge in [-0.15, -0.1) is 11.3 Å². The van der Waals surface area contributed by atoms with E-state index in [1.165, 1.54) is 4.70 Å². The van der Waals surface area contributed by atoms with Gasteiger partial charge in [0.2, 0.25) is 0 Å². The number of ether oxygens (including phenoxy) is 1. The van der Waals surface area contributed by atoms with E-state index in [0.29, 0.717) is 6.61 Å². The molecule has 1 heterocycles. The Hall–Kier alpha value is -1.13. The molecule has 17 heavy (non-hydrogen) atoms. The number of para-hydroxylation sites is 1. The molecule has 0 radical (unpaired) electrons. The molecule has 1 atom stereocenters. The van der Waals surface area contributed by atoms with E-state index in [1.54, 1.807) is 11.3 Å². The number of rotatable bonds is 5. The minimum absolute atomic E-state index is 0.0922. The molecule has 0 spiro atoms. The van der Waals surface area contributed by atoms with Crippen molar-refractivity contribution < 1.29 is 4.74 Å². The van der Waals surface area contributed by atoms with Crippen LogP contribution >= 0.6 is 11.3 Å². The summed E-state index contributed by atoms with van der Waals surface area (Å²) < 4.78 is 6.93. The van der Waals surface area contributed by atoms with Gasteiger partial charge < -0.3 is 10.5 Å². The Kier molecular flexibility index (Phi) is 3.97. The molecule has 0 amide bonds. The number of hydrogen-bond donors (Lipinski definition) is 1. The number of aryl methyl sites for hydroxylation is 1. The fourth-order valence-electron chi connectivity index (χ4n) is 1.55. The third-order valence-electron chi connectivity index (χ3n) is 2.71. The summed E-state index contributed by atoms with van der Waals surface area (Å²) >= 11 is 1.73. The first kappa shape index (κ1) is 12.3. The molecule has 0 aliphatic carbocycles. The molecule has 2 aromatic rings. The van der Waals surface area contributed by atoms with Crippen LogP contribution in [0.1, 0.15) is 25.3 Å². The molecule has 0 saturated heterocycles. The molecule has 0 aliphatic heterocycles. The number of aromatic nitrogens is 1. The maximum absolute atomic E-state index is 5.85. The normalized spacial score (nSPS) is 12.9. The van der Waals surface area contributed by atoms with E-state index in [9.17, 15) is 0 Å². The molecule has 0 bridgehead atoms. The minimum atomic E-state index is 0.0922. The number of fused-ring (bicyclic) bond motifs is 1. The van der Waals surface area contributed by atoms with Crippen LogP contribution in [0.15, 0.2) is 18.2 Å².